The van der Waals surface area contributed by atoms with Crippen LogP contribution >= 0.6 is 0 Å². The van der Waals surface area contributed by atoms with Crippen molar-refractivity contribution in [1.82, 2.24) is 0 Å². The number of hydrogen-bond acceptors (Lipinski definition) is 2. The predicted molar refractivity (Wildman–Crippen MR) is 87.7 cm³/mol. The van der Waals surface area contributed by atoms with E-state index in [9.17, 15) is 0 Å². The summed E-state index contributed by atoms with van der Waals surface area (Å²) in [5.74, 6) is 0. The van der Waals surface area contributed by atoms with Gasteiger partial charge in [0.05, 0.1) is 0 Å². The SMILES string of the molecule is C=Cc1ccc([Si](C)(O[SiH](C)C)O[SiH](C)C)cc1. The summed E-state index contributed by atoms with van der Waals surface area (Å²) in [4.78, 5) is 0. The van der Waals surface area contributed by atoms with Crippen molar-refractivity contribution >= 4 is 37.9 Å². The molecule has 2 nitrogen and oxygen atoms in total. The molecule has 0 N–H and O–H groups in total. The Balaban J connectivity index is 3.03. The lowest BCUT2D eigenvalue weighted by atomic mass is 10.2. The van der Waals surface area contributed by atoms with Crippen LogP contribution in [0.15, 0.2) is 30.8 Å². The minimum Gasteiger partial charge on any atom is -0.436 e. The van der Waals surface area contributed by atoms with Gasteiger partial charge in [0.25, 0.3) is 0 Å². The summed E-state index contributed by atoms with van der Waals surface area (Å²) in [6.07, 6.45) is 1.86. The Kier molecular flexibility index (Phi) is 5.74. The monoisotopic (exact) mass is 296 g/mol. The van der Waals surface area contributed by atoms with E-state index in [0.717, 1.165) is 5.56 Å². The summed E-state index contributed by atoms with van der Waals surface area (Å²) in [5.41, 5.74) is 1.14. The summed E-state index contributed by atoms with van der Waals surface area (Å²) in [6.45, 7) is 14.8. The Labute approximate surface area is 115 Å². The average Bonchev–Trinajstić information content (AvgIpc) is 2.27. The van der Waals surface area contributed by atoms with Gasteiger partial charge >= 0.3 is 8.56 Å². The van der Waals surface area contributed by atoms with Crippen molar-refractivity contribution in [3.63, 3.8) is 0 Å². The molecule has 0 saturated heterocycles. The standard InChI is InChI=1S/C13H24O2Si3/c1-7-12-8-10-13(11-9-12)18(6,14-16(2)3)15-17(4)5/h7-11,16-17H,1H2,2-6H3. The second-order valence-corrected chi connectivity index (χ2v) is 13.7. The van der Waals surface area contributed by atoms with Crippen molar-refractivity contribution in [2.24, 2.45) is 0 Å². The zero-order valence-corrected chi connectivity index (χ0v) is 15.4. The third-order valence-corrected chi connectivity index (χ3v) is 11.3. The minimum atomic E-state index is -2.20. The Morgan fingerprint density at radius 1 is 1.00 bits per heavy atom. The molecule has 0 heterocycles. The molecule has 1 aromatic carbocycles. The topological polar surface area (TPSA) is 18.5 Å². The van der Waals surface area contributed by atoms with Crippen LogP contribution in [0.3, 0.4) is 0 Å². The van der Waals surface area contributed by atoms with Gasteiger partial charge in [-0.05, 0) is 43.5 Å². The maximum Gasteiger partial charge on any atom is 0.348 e. The Morgan fingerprint density at radius 2 is 1.44 bits per heavy atom. The van der Waals surface area contributed by atoms with Crippen molar-refractivity contribution in [3.05, 3.63) is 36.4 Å². The molecule has 0 atom stereocenters. The molecule has 0 aliphatic carbocycles. The summed E-state index contributed by atoms with van der Waals surface area (Å²) in [7, 11) is -4.41. The Morgan fingerprint density at radius 3 is 1.78 bits per heavy atom. The maximum absolute atomic E-state index is 6.27. The third-order valence-electron chi connectivity index (χ3n) is 2.59. The van der Waals surface area contributed by atoms with Crippen LogP contribution in [0.25, 0.3) is 6.08 Å². The molecule has 0 unspecified atom stereocenters. The highest BCUT2D eigenvalue weighted by Gasteiger charge is 2.35. The zero-order valence-electron chi connectivity index (χ0n) is 12.1. The van der Waals surface area contributed by atoms with Crippen molar-refractivity contribution in [2.75, 3.05) is 0 Å². The molecule has 0 aromatic heterocycles. The fourth-order valence-corrected chi connectivity index (χ4v) is 11.8. The number of rotatable bonds is 6. The number of hydrogen-bond donors (Lipinski definition) is 0. The van der Waals surface area contributed by atoms with Gasteiger partial charge in [0.2, 0.25) is 0 Å². The Bertz CT molecular complexity index is 378. The van der Waals surface area contributed by atoms with Crippen LogP contribution in [-0.2, 0) is 8.23 Å². The molecule has 5 heteroatoms. The van der Waals surface area contributed by atoms with E-state index in [1.807, 2.05) is 6.08 Å². The lowest BCUT2D eigenvalue weighted by molar-refractivity contribution is 0.424. The molecule has 0 aliphatic heterocycles. The van der Waals surface area contributed by atoms with Gasteiger partial charge in [-0.1, -0.05) is 36.9 Å². The summed E-state index contributed by atoms with van der Waals surface area (Å²) in [6, 6.07) is 8.45. The molecule has 1 aromatic rings. The largest absolute Gasteiger partial charge is 0.436 e. The molecule has 0 spiro atoms. The van der Waals surface area contributed by atoms with Crippen LogP contribution in [0, 0.1) is 0 Å². The quantitative estimate of drug-likeness (QED) is 0.751. The highest BCUT2D eigenvalue weighted by Crippen LogP contribution is 2.12. The molecular formula is C13H24O2Si3. The van der Waals surface area contributed by atoms with Gasteiger partial charge in [-0.2, -0.15) is 0 Å². The maximum atomic E-state index is 6.27. The van der Waals surface area contributed by atoms with Gasteiger partial charge in [-0.15, -0.1) is 0 Å². The van der Waals surface area contributed by atoms with Gasteiger partial charge in [-0.25, -0.2) is 0 Å². The second kappa shape index (κ2) is 6.63. The lowest BCUT2D eigenvalue weighted by Crippen LogP contribution is -2.55. The van der Waals surface area contributed by atoms with Crippen LogP contribution in [-0.4, -0.2) is 26.6 Å². The molecule has 0 aliphatic rings. The van der Waals surface area contributed by atoms with E-state index in [1.165, 1.54) is 5.19 Å². The van der Waals surface area contributed by atoms with E-state index in [0.29, 0.717) is 0 Å². The Hall–Kier alpha value is -0.469. The first-order valence-electron chi connectivity index (χ1n) is 6.46. The molecule has 18 heavy (non-hydrogen) atoms. The first-order chi connectivity index (χ1) is 8.37. The van der Waals surface area contributed by atoms with Crippen molar-refractivity contribution in [2.45, 2.75) is 32.7 Å². The summed E-state index contributed by atoms with van der Waals surface area (Å²) >= 11 is 0. The van der Waals surface area contributed by atoms with E-state index in [4.69, 9.17) is 8.23 Å². The fraction of sp³-hybridized carbons (Fsp3) is 0.385. The van der Waals surface area contributed by atoms with Crippen molar-refractivity contribution in [3.8, 4) is 0 Å². The smallest absolute Gasteiger partial charge is 0.348 e. The predicted octanol–water partition coefficient (Wildman–Crippen LogP) is 2.61. The van der Waals surface area contributed by atoms with E-state index in [-0.39, 0.29) is 0 Å². The fourth-order valence-electron chi connectivity index (χ4n) is 1.99. The first kappa shape index (κ1) is 15.6. The van der Waals surface area contributed by atoms with Crippen LogP contribution in [0.2, 0.25) is 32.7 Å². The van der Waals surface area contributed by atoms with Gasteiger partial charge in [-0.3, -0.25) is 0 Å². The summed E-state index contributed by atoms with van der Waals surface area (Å²) in [5, 5.41) is 1.23. The number of benzene rings is 1. The zero-order chi connectivity index (χ0) is 13.8. The van der Waals surface area contributed by atoms with Crippen molar-refractivity contribution in [1.29, 1.82) is 0 Å². The highest BCUT2D eigenvalue weighted by atomic mass is 28.5. The van der Waals surface area contributed by atoms with Crippen LogP contribution in [0.4, 0.5) is 0 Å². The molecule has 0 bridgehead atoms. The lowest BCUT2D eigenvalue weighted by Gasteiger charge is -2.32. The second-order valence-electron chi connectivity index (χ2n) is 5.11. The minimum absolute atomic E-state index is 1.10. The van der Waals surface area contributed by atoms with Crippen LogP contribution in [0.5, 0.6) is 0 Å². The van der Waals surface area contributed by atoms with E-state index < -0.39 is 26.6 Å². The third kappa shape index (κ3) is 4.33. The van der Waals surface area contributed by atoms with Crippen LogP contribution < -0.4 is 5.19 Å². The van der Waals surface area contributed by atoms with E-state index in [2.05, 4.69) is 63.6 Å². The average molecular weight is 297 g/mol. The molecule has 1 rings (SSSR count). The molecule has 100 valence electrons. The normalized spacial score (nSPS) is 12.2. The van der Waals surface area contributed by atoms with E-state index in [1.54, 1.807) is 0 Å². The highest BCUT2D eigenvalue weighted by molar-refractivity contribution is 6.88. The molecule has 0 amide bonds. The van der Waals surface area contributed by atoms with Gasteiger partial charge in [0, 0.05) is 0 Å². The molecule has 0 saturated carbocycles. The molecule has 0 fully saturated rings. The first-order valence-corrected chi connectivity index (χ1v) is 14.3. The summed E-state index contributed by atoms with van der Waals surface area (Å²) < 4.78 is 12.5. The van der Waals surface area contributed by atoms with Gasteiger partial charge in [0.1, 0.15) is 0 Å². The van der Waals surface area contributed by atoms with E-state index >= 15 is 0 Å². The molecular weight excluding hydrogens is 272 g/mol. The van der Waals surface area contributed by atoms with Crippen LogP contribution in [0.1, 0.15) is 5.56 Å². The van der Waals surface area contributed by atoms with Gasteiger partial charge < -0.3 is 8.23 Å². The van der Waals surface area contributed by atoms with Crippen molar-refractivity contribution < 1.29 is 8.23 Å². The molecule has 0 radical (unpaired) electrons. The van der Waals surface area contributed by atoms with Gasteiger partial charge in [0.15, 0.2) is 18.1 Å².